The van der Waals surface area contributed by atoms with Gasteiger partial charge in [0.05, 0.1) is 12.4 Å². The summed E-state index contributed by atoms with van der Waals surface area (Å²) in [4.78, 5) is 7.47. The Hall–Kier alpha value is -0.760. The summed E-state index contributed by atoms with van der Waals surface area (Å²) < 4.78 is 27.5. The van der Waals surface area contributed by atoms with Crippen LogP contribution in [0.5, 0.6) is 0 Å². The molecule has 118 valence electrons. The molecule has 1 saturated heterocycles. The Balaban J connectivity index is 2.18. The predicted molar refractivity (Wildman–Crippen MR) is 81.7 cm³/mol. The summed E-state index contributed by atoms with van der Waals surface area (Å²) >= 11 is 5.58. The first-order chi connectivity index (χ1) is 9.49. The van der Waals surface area contributed by atoms with Crippen molar-refractivity contribution in [2.24, 2.45) is 0 Å². The van der Waals surface area contributed by atoms with Gasteiger partial charge in [-0.3, -0.25) is 0 Å². The smallest absolute Gasteiger partial charge is 0.243 e. The molecule has 2 heterocycles. The van der Waals surface area contributed by atoms with Crippen molar-refractivity contribution in [3.63, 3.8) is 0 Å². The fourth-order valence-corrected chi connectivity index (χ4v) is 4.35. The van der Waals surface area contributed by atoms with Crippen LogP contribution in [0.25, 0.3) is 0 Å². The van der Waals surface area contributed by atoms with E-state index in [9.17, 15) is 8.42 Å². The van der Waals surface area contributed by atoms with E-state index in [2.05, 4.69) is 47.7 Å². The Labute approximate surface area is 130 Å². The third kappa shape index (κ3) is 4.35. The Kier molecular flexibility index (Phi) is 4.32. The lowest BCUT2D eigenvalue weighted by atomic mass is 9.80. The van der Waals surface area contributed by atoms with Gasteiger partial charge in [-0.2, -0.15) is 0 Å². The maximum absolute atomic E-state index is 12.4. The van der Waals surface area contributed by atoms with E-state index < -0.39 is 10.0 Å². The van der Waals surface area contributed by atoms with Gasteiger partial charge < -0.3 is 5.32 Å². The number of nitrogens with one attached hydrogen (secondary N) is 2. The fourth-order valence-electron chi connectivity index (χ4n) is 3.13. The molecule has 1 aromatic rings. The summed E-state index contributed by atoms with van der Waals surface area (Å²) in [7, 11) is -3.64. The predicted octanol–water partition coefficient (Wildman–Crippen LogP) is 1.72. The van der Waals surface area contributed by atoms with Crippen molar-refractivity contribution < 1.29 is 8.42 Å². The lowest BCUT2D eigenvalue weighted by molar-refractivity contribution is 0.157. The van der Waals surface area contributed by atoms with Crippen molar-refractivity contribution in [3.05, 3.63) is 17.7 Å². The second-order valence-corrected chi connectivity index (χ2v) is 8.86. The number of aromatic nitrogens is 2. The molecule has 0 aliphatic carbocycles. The molecule has 0 spiro atoms. The SMILES string of the molecule is CC1(C)CC(NS(=O)(=O)c2cnc(Cl)nc2)CC(C)(C)N1. The maximum Gasteiger partial charge on any atom is 0.243 e. The van der Waals surface area contributed by atoms with Gasteiger partial charge in [0.15, 0.2) is 0 Å². The molecule has 21 heavy (non-hydrogen) atoms. The molecule has 0 bridgehead atoms. The van der Waals surface area contributed by atoms with Gasteiger partial charge in [-0.05, 0) is 52.1 Å². The Bertz CT molecular complexity index is 598. The van der Waals surface area contributed by atoms with Gasteiger partial charge in [0.25, 0.3) is 0 Å². The summed E-state index contributed by atoms with van der Waals surface area (Å²) in [6.45, 7) is 8.28. The third-order valence-corrected chi connectivity index (χ3v) is 5.09. The minimum atomic E-state index is -3.64. The molecule has 2 N–H and O–H groups in total. The van der Waals surface area contributed by atoms with Gasteiger partial charge in [0.1, 0.15) is 4.90 Å². The zero-order chi connectivity index (χ0) is 15.9. The minimum absolute atomic E-state index is 0.0260. The number of hydrogen-bond acceptors (Lipinski definition) is 5. The van der Waals surface area contributed by atoms with E-state index in [0.29, 0.717) is 12.8 Å². The van der Waals surface area contributed by atoms with Gasteiger partial charge >= 0.3 is 0 Å². The summed E-state index contributed by atoms with van der Waals surface area (Å²) in [5.41, 5.74) is -0.267. The van der Waals surface area contributed by atoms with E-state index in [1.54, 1.807) is 0 Å². The number of nitrogens with zero attached hydrogens (tertiary/aromatic N) is 2. The van der Waals surface area contributed by atoms with Crippen molar-refractivity contribution in [2.75, 3.05) is 0 Å². The van der Waals surface area contributed by atoms with Crippen molar-refractivity contribution in [1.82, 2.24) is 20.0 Å². The Morgan fingerprint density at radius 1 is 1.19 bits per heavy atom. The minimum Gasteiger partial charge on any atom is -0.307 e. The molecule has 8 heteroatoms. The molecule has 0 radical (unpaired) electrons. The second kappa shape index (κ2) is 5.46. The van der Waals surface area contributed by atoms with E-state index in [4.69, 9.17) is 11.6 Å². The highest BCUT2D eigenvalue weighted by atomic mass is 35.5. The van der Waals surface area contributed by atoms with Crippen molar-refractivity contribution in [1.29, 1.82) is 0 Å². The molecule has 0 atom stereocenters. The van der Waals surface area contributed by atoms with Gasteiger partial charge in [-0.25, -0.2) is 23.1 Å². The summed E-state index contributed by atoms with van der Waals surface area (Å²) in [6.07, 6.45) is 3.86. The number of hydrogen-bond donors (Lipinski definition) is 2. The monoisotopic (exact) mass is 332 g/mol. The van der Waals surface area contributed by atoms with E-state index >= 15 is 0 Å². The molecule has 0 amide bonds. The van der Waals surface area contributed by atoms with Crippen LogP contribution in [0.4, 0.5) is 0 Å². The van der Waals surface area contributed by atoms with Crippen LogP contribution in [0.2, 0.25) is 5.28 Å². The van der Waals surface area contributed by atoms with Crippen LogP contribution in [0.1, 0.15) is 40.5 Å². The third-order valence-electron chi connectivity index (χ3n) is 3.42. The number of sulfonamides is 1. The second-order valence-electron chi connectivity index (χ2n) is 6.81. The average Bonchev–Trinajstić information content (AvgIpc) is 2.23. The van der Waals surface area contributed by atoms with Crippen LogP contribution >= 0.6 is 11.6 Å². The summed E-state index contributed by atoms with van der Waals surface area (Å²) in [6, 6.07) is -0.142. The molecule has 1 fully saturated rings. The molecular weight excluding hydrogens is 312 g/mol. The highest BCUT2D eigenvalue weighted by Crippen LogP contribution is 2.29. The van der Waals surface area contributed by atoms with Crippen molar-refractivity contribution >= 4 is 21.6 Å². The first kappa shape index (κ1) is 16.6. The Morgan fingerprint density at radius 3 is 2.14 bits per heavy atom. The van der Waals surface area contributed by atoms with Crippen molar-refractivity contribution in [2.45, 2.75) is 62.6 Å². The first-order valence-electron chi connectivity index (χ1n) is 6.78. The molecule has 0 saturated carbocycles. The van der Waals surface area contributed by atoms with E-state index in [1.807, 2.05) is 0 Å². The van der Waals surface area contributed by atoms with E-state index in [-0.39, 0.29) is 27.3 Å². The number of piperidine rings is 1. The highest BCUT2D eigenvalue weighted by Gasteiger charge is 2.39. The van der Waals surface area contributed by atoms with Gasteiger partial charge in [-0.15, -0.1) is 0 Å². The van der Waals surface area contributed by atoms with Crippen molar-refractivity contribution in [3.8, 4) is 0 Å². The molecular formula is C13H21ClN4O2S. The zero-order valence-electron chi connectivity index (χ0n) is 12.6. The quantitative estimate of drug-likeness (QED) is 0.823. The van der Waals surface area contributed by atoms with Crippen LogP contribution in [0.15, 0.2) is 17.3 Å². The average molecular weight is 333 g/mol. The lowest BCUT2D eigenvalue weighted by Gasteiger charge is -2.46. The maximum atomic E-state index is 12.4. The molecule has 1 aliphatic rings. The van der Waals surface area contributed by atoms with E-state index in [0.717, 1.165) is 0 Å². The van der Waals surface area contributed by atoms with Gasteiger partial charge in [0, 0.05) is 17.1 Å². The fraction of sp³-hybridized carbons (Fsp3) is 0.692. The summed E-state index contributed by atoms with van der Waals surface area (Å²) in [5.74, 6) is 0. The van der Waals surface area contributed by atoms with Crippen LogP contribution < -0.4 is 10.0 Å². The first-order valence-corrected chi connectivity index (χ1v) is 8.64. The van der Waals surface area contributed by atoms with Gasteiger partial charge in [-0.1, -0.05) is 0 Å². The lowest BCUT2D eigenvalue weighted by Crippen LogP contribution is -2.62. The Morgan fingerprint density at radius 2 is 1.67 bits per heavy atom. The highest BCUT2D eigenvalue weighted by molar-refractivity contribution is 7.89. The molecule has 0 aromatic carbocycles. The number of halogens is 1. The largest absolute Gasteiger partial charge is 0.307 e. The standard InChI is InChI=1S/C13H21ClN4O2S/c1-12(2)5-9(6-13(3,4)18-12)17-21(19,20)10-7-15-11(14)16-8-10/h7-9,17-18H,5-6H2,1-4H3. The van der Waals surface area contributed by atoms with Crippen LogP contribution in [-0.4, -0.2) is 35.5 Å². The van der Waals surface area contributed by atoms with Gasteiger partial charge in [0.2, 0.25) is 15.3 Å². The molecule has 1 aliphatic heterocycles. The topological polar surface area (TPSA) is 84.0 Å². The summed E-state index contributed by atoms with van der Waals surface area (Å²) in [5, 5.41) is 3.54. The van der Waals surface area contributed by atoms with E-state index in [1.165, 1.54) is 12.4 Å². The molecule has 0 unspecified atom stereocenters. The molecule has 6 nitrogen and oxygen atoms in total. The van der Waals surface area contributed by atoms with Crippen LogP contribution in [0.3, 0.4) is 0 Å². The molecule has 1 aromatic heterocycles. The van der Waals surface area contributed by atoms with Crippen LogP contribution in [0, 0.1) is 0 Å². The van der Waals surface area contributed by atoms with Crippen LogP contribution in [-0.2, 0) is 10.0 Å². The number of rotatable bonds is 3. The zero-order valence-corrected chi connectivity index (χ0v) is 14.2. The normalized spacial score (nSPS) is 22.1. The molecule has 2 rings (SSSR count).